The highest BCUT2D eigenvalue weighted by Crippen LogP contribution is 2.28. The highest BCUT2D eigenvalue weighted by atomic mass is 32.1. The quantitative estimate of drug-likeness (QED) is 0.419. The number of amides is 1. The van der Waals surface area contributed by atoms with E-state index in [0.717, 1.165) is 38.2 Å². The Bertz CT molecular complexity index is 1240. The smallest absolute Gasteiger partial charge is 0.230 e. The molecule has 5 aromatic rings. The summed E-state index contributed by atoms with van der Waals surface area (Å²) in [4.78, 5) is 22.7. The number of benzene rings is 1. The highest BCUT2D eigenvalue weighted by Gasteiger charge is 2.10. The van der Waals surface area contributed by atoms with E-state index in [1.807, 2.05) is 82.2 Å². The van der Waals surface area contributed by atoms with Gasteiger partial charge in [0.2, 0.25) is 5.91 Å². The molecule has 0 spiro atoms. The van der Waals surface area contributed by atoms with Crippen LogP contribution in [-0.2, 0) is 11.2 Å². The third kappa shape index (κ3) is 3.83. The summed E-state index contributed by atoms with van der Waals surface area (Å²) in [6.07, 6.45) is 4.23. The van der Waals surface area contributed by atoms with Crippen molar-refractivity contribution < 1.29 is 4.79 Å². The molecule has 0 aliphatic rings. The van der Waals surface area contributed by atoms with Gasteiger partial charge in [-0.2, -0.15) is 0 Å². The number of fused-ring (bicyclic) bond motifs is 1. The van der Waals surface area contributed by atoms with E-state index in [4.69, 9.17) is 0 Å². The normalized spacial score (nSPS) is 11.0. The molecule has 0 saturated carbocycles. The Hall–Kier alpha value is -3.29. The van der Waals surface area contributed by atoms with E-state index < -0.39 is 0 Å². The monoisotopic (exact) mass is 416 g/mol. The third-order valence-electron chi connectivity index (χ3n) is 4.45. The van der Waals surface area contributed by atoms with E-state index >= 15 is 0 Å². The number of nitrogens with one attached hydrogen (secondary N) is 1. The summed E-state index contributed by atoms with van der Waals surface area (Å²) in [7, 11) is 0. The van der Waals surface area contributed by atoms with Crippen molar-refractivity contribution >= 4 is 39.9 Å². The van der Waals surface area contributed by atoms with Crippen molar-refractivity contribution in [3.63, 3.8) is 0 Å². The maximum Gasteiger partial charge on any atom is 0.230 e. The van der Waals surface area contributed by atoms with Gasteiger partial charge in [0.25, 0.3) is 0 Å². The van der Waals surface area contributed by atoms with Gasteiger partial charge >= 0.3 is 0 Å². The number of aromatic nitrogens is 3. The van der Waals surface area contributed by atoms with Gasteiger partial charge in [-0.05, 0) is 35.7 Å². The topological polar surface area (TPSA) is 59.3 Å². The van der Waals surface area contributed by atoms with Gasteiger partial charge in [0.05, 0.1) is 22.7 Å². The molecule has 1 amide bonds. The van der Waals surface area contributed by atoms with Crippen molar-refractivity contribution in [2.24, 2.45) is 0 Å². The van der Waals surface area contributed by atoms with E-state index in [-0.39, 0.29) is 12.3 Å². The van der Waals surface area contributed by atoms with Gasteiger partial charge in [0.1, 0.15) is 10.7 Å². The van der Waals surface area contributed by atoms with E-state index in [1.165, 1.54) is 0 Å². The van der Waals surface area contributed by atoms with Crippen LogP contribution in [0.1, 0.15) is 5.69 Å². The Morgan fingerprint density at radius 2 is 1.90 bits per heavy atom. The summed E-state index contributed by atoms with van der Waals surface area (Å²) in [5.41, 5.74) is 4.36. The second kappa shape index (κ2) is 7.62. The zero-order valence-electron chi connectivity index (χ0n) is 15.3. The van der Waals surface area contributed by atoms with Crippen LogP contribution >= 0.6 is 22.7 Å². The summed E-state index contributed by atoms with van der Waals surface area (Å²) in [6, 6.07) is 17.7. The number of thiophene rings is 1. The molecule has 1 aromatic carbocycles. The number of nitrogens with zero attached hydrogens (tertiary/aromatic N) is 3. The fourth-order valence-electron chi connectivity index (χ4n) is 3.07. The predicted octanol–water partition coefficient (Wildman–Crippen LogP) is 5.37. The van der Waals surface area contributed by atoms with Crippen molar-refractivity contribution in [2.75, 3.05) is 5.32 Å². The Labute approximate surface area is 175 Å². The van der Waals surface area contributed by atoms with Crippen molar-refractivity contribution in [1.29, 1.82) is 0 Å². The van der Waals surface area contributed by atoms with Crippen LogP contribution in [-0.4, -0.2) is 20.3 Å². The Morgan fingerprint density at radius 1 is 1.00 bits per heavy atom. The molecule has 0 aliphatic heterocycles. The molecule has 5 rings (SSSR count). The molecular formula is C22H16N4OS2. The predicted molar refractivity (Wildman–Crippen MR) is 118 cm³/mol. The van der Waals surface area contributed by atoms with E-state index in [0.29, 0.717) is 0 Å². The SMILES string of the molecule is O=C(Cc1csc(-c2cccs2)n1)Nc1ccc(-c2cn3ccccc3n2)cc1. The number of imidazole rings is 1. The minimum Gasteiger partial charge on any atom is -0.326 e. The number of hydrogen-bond acceptors (Lipinski definition) is 5. The summed E-state index contributed by atoms with van der Waals surface area (Å²) in [5, 5.41) is 7.87. The van der Waals surface area contributed by atoms with E-state index in [9.17, 15) is 4.79 Å². The molecule has 29 heavy (non-hydrogen) atoms. The average molecular weight is 417 g/mol. The largest absolute Gasteiger partial charge is 0.326 e. The van der Waals surface area contributed by atoms with Crippen LogP contribution in [0, 0.1) is 0 Å². The summed E-state index contributed by atoms with van der Waals surface area (Å²) < 4.78 is 1.99. The van der Waals surface area contributed by atoms with Gasteiger partial charge in [-0.1, -0.05) is 24.3 Å². The van der Waals surface area contributed by atoms with Gasteiger partial charge in [-0.25, -0.2) is 9.97 Å². The molecular weight excluding hydrogens is 400 g/mol. The Morgan fingerprint density at radius 3 is 2.69 bits per heavy atom. The van der Waals surface area contributed by atoms with Crippen LogP contribution in [0.3, 0.4) is 0 Å². The van der Waals surface area contributed by atoms with Gasteiger partial charge < -0.3 is 9.72 Å². The standard InChI is InChI=1S/C22H16N4OS2/c27-21(12-17-14-29-22(24-17)19-4-3-11-28-19)23-16-8-6-15(7-9-16)18-13-26-10-2-1-5-20(26)25-18/h1-11,13-14H,12H2,(H,23,27). The van der Waals surface area contributed by atoms with Gasteiger partial charge in [0.15, 0.2) is 0 Å². The molecule has 0 unspecified atom stereocenters. The van der Waals surface area contributed by atoms with Crippen LogP contribution < -0.4 is 5.32 Å². The number of carbonyl (C=O) groups excluding carboxylic acids is 1. The minimum absolute atomic E-state index is 0.0755. The second-order valence-corrected chi connectivity index (χ2v) is 8.32. The van der Waals surface area contributed by atoms with Crippen molar-refractivity contribution in [2.45, 2.75) is 6.42 Å². The molecule has 0 bridgehead atoms. The van der Waals surface area contributed by atoms with Crippen LogP contribution in [0.15, 0.2) is 77.8 Å². The van der Waals surface area contributed by atoms with Crippen molar-refractivity contribution in [3.05, 3.63) is 83.4 Å². The van der Waals surface area contributed by atoms with Crippen LogP contribution in [0.5, 0.6) is 0 Å². The lowest BCUT2D eigenvalue weighted by atomic mass is 10.1. The molecule has 0 saturated heterocycles. The first-order valence-electron chi connectivity index (χ1n) is 9.07. The molecule has 0 atom stereocenters. The number of anilines is 1. The summed E-state index contributed by atoms with van der Waals surface area (Å²) >= 11 is 3.22. The molecule has 7 heteroatoms. The number of pyridine rings is 1. The fraction of sp³-hybridized carbons (Fsp3) is 0.0455. The Kier molecular flexibility index (Phi) is 4.67. The number of thiazole rings is 1. The molecule has 0 radical (unpaired) electrons. The zero-order valence-corrected chi connectivity index (χ0v) is 16.9. The molecule has 0 fully saturated rings. The van der Waals surface area contributed by atoms with E-state index in [1.54, 1.807) is 22.7 Å². The molecule has 0 aliphatic carbocycles. The van der Waals surface area contributed by atoms with E-state index in [2.05, 4.69) is 15.3 Å². The summed E-state index contributed by atoms with van der Waals surface area (Å²) in [5.74, 6) is -0.0755. The van der Waals surface area contributed by atoms with Gasteiger partial charge in [0, 0.05) is 29.0 Å². The molecule has 142 valence electrons. The lowest BCUT2D eigenvalue weighted by Crippen LogP contribution is -2.14. The average Bonchev–Trinajstić information content (AvgIpc) is 3.48. The van der Waals surface area contributed by atoms with Crippen molar-refractivity contribution in [3.8, 4) is 21.1 Å². The molecule has 4 aromatic heterocycles. The zero-order chi connectivity index (χ0) is 19.6. The number of rotatable bonds is 5. The van der Waals surface area contributed by atoms with Gasteiger partial charge in [-0.3, -0.25) is 4.79 Å². The minimum atomic E-state index is -0.0755. The highest BCUT2D eigenvalue weighted by molar-refractivity contribution is 7.20. The first-order chi connectivity index (χ1) is 14.2. The first-order valence-corrected chi connectivity index (χ1v) is 10.8. The molecule has 5 nitrogen and oxygen atoms in total. The molecule has 1 N–H and O–H groups in total. The third-order valence-corrected chi connectivity index (χ3v) is 6.38. The maximum absolute atomic E-state index is 12.4. The first kappa shape index (κ1) is 17.8. The second-order valence-electron chi connectivity index (χ2n) is 6.52. The van der Waals surface area contributed by atoms with Crippen LogP contribution in [0.25, 0.3) is 26.8 Å². The lowest BCUT2D eigenvalue weighted by molar-refractivity contribution is -0.115. The molecule has 4 heterocycles. The van der Waals surface area contributed by atoms with Gasteiger partial charge in [-0.15, -0.1) is 22.7 Å². The summed E-state index contributed by atoms with van der Waals surface area (Å²) in [6.45, 7) is 0. The number of hydrogen-bond donors (Lipinski definition) is 1. The van der Waals surface area contributed by atoms with Crippen LogP contribution in [0.2, 0.25) is 0 Å². The fourth-order valence-corrected chi connectivity index (χ4v) is 4.70. The Balaban J connectivity index is 1.25. The van der Waals surface area contributed by atoms with Crippen LogP contribution in [0.4, 0.5) is 5.69 Å². The maximum atomic E-state index is 12.4. The lowest BCUT2D eigenvalue weighted by Gasteiger charge is -2.05. The van der Waals surface area contributed by atoms with Crippen molar-refractivity contribution in [1.82, 2.24) is 14.4 Å². The number of carbonyl (C=O) groups is 1.